The molecular formula is C27H43N3O6. The van der Waals surface area contributed by atoms with Gasteiger partial charge in [0.25, 0.3) is 0 Å². The van der Waals surface area contributed by atoms with Crippen molar-refractivity contribution in [2.75, 3.05) is 47.1 Å². The molecular weight excluding hydrogens is 462 g/mol. The van der Waals surface area contributed by atoms with Crippen LogP contribution in [0.2, 0.25) is 0 Å². The first kappa shape index (κ1) is 26.1. The molecule has 0 aromatic carbocycles. The third kappa shape index (κ3) is 3.93. The highest BCUT2D eigenvalue weighted by molar-refractivity contribution is 5.99. The highest BCUT2D eigenvalue weighted by Gasteiger charge is 2.67. The Morgan fingerprint density at radius 3 is 2.53 bits per heavy atom. The first-order valence-electron chi connectivity index (χ1n) is 13.5. The van der Waals surface area contributed by atoms with Crippen molar-refractivity contribution < 1.29 is 29.7 Å². The second-order valence-corrected chi connectivity index (χ2v) is 12.0. The van der Waals surface area contributed by atoms with E-state index >= 15 is 0 Å². The minimum Gasteiger partial charge on any atom is -0.399 e. The maximum absolute atomic E-state index is 12.6. The van der Waals surface area contributed by atoms with Crippen molar-refractivity contribution >= 4 is 11.4 Å². The van der Waals surface area contributed by atoms with Crippen LogP contribution in [0, 0.1) is 28.6 Å². The number of allylic oxidation sites excluding steroid dienone is 1. The zero-order valence-corrected chi connectivity index (χ0v) is 22.2. The maximum Gasteiger partial charge on any atom is 0.106 e. The predicted octanol–water partition coefficient (Wildman–Crippen LogP) is 1.96. The molecule has 1 aliphatic heterocycles. The third-order valence-corrected chi connectivity index (χ3v) is 10.4. The van der Waals surface area contributed by atoms with Crippen LogP contribution in [0.3, 0.4) is 0 Å². The van der Waals surface area contributed by atoms with E-state index in [-0.39, 0.29) is 23.2 Å². The number of rotatable bonds is 5. The summed E-state index contributed by atoms with van der Waals surface area (Å²) >= 11 is 0. The largest absolute Gasteiger partial charge is 0.399 e. The number of fused-ring (bicyclic) bond motifs is 5. The minimum absolute atomic E-state index is 0.0262. The van der Waals surface area contributed by atoms with Gasteiger partial charge >= 0.3 is 0 Å². The normalized spacial score (nSPS) is 46.5. The molecule has 5 aliphatic rings. The van der Waals surface area contributed by atoms with Gasteiger partial charge in [-0.25, -0.2) is 0 Å². The van der Waals surface area contributed by atoms with E-state index in [1.54, 1.807) is 7.11 Å². The molecule has 9 nitrogen and oxygen atoms in total. The monoisotopic (exact) mass is 505 g/mol. The van der Waals surface area contributed by atoms with E-state index in [1.807, 2.05) is 0 Å². The lowest BCUT2D eigenvalue weighted by molar-refractivity contribution is -0.116. The van der Waals surface area contributed by atoms with Crippen molar-refractivity contribution in [3.63, 3.8) is 0 Å². The van der Waals surface area contributed by atoms with E-state index in [4.69, 9.17) is 14.4 Å². The number of ether oxygens (including phenoxy) is 1. The number of hydrogen-bond donors (Lipinski definition) is 3. The molecule has 1 heterocycles. The molecule has 0 aromatic rings. The van der Waals surface area contributed by atoms with Crippen LogP contribution in [-0.4, -0.2) is 96.5 Å². The smallest absolute Gasteiger partial charge is 0.106 e. The van der Waals surface area contributed by atoms with Gasteiger partial charge in [-0.15, -0.1) is 0 Å². The predicted molar refractivity (Wildman–Crippen MR) is 136 cm³/mol. The van der Waals surface area contributed by atoms with E-state index < -0.39 is 23.2 Å². The fourth-order valence-electron chi connectivity index (χ4n) is 8.43. The highest BCUT2D eigenvalue weighted by atomic mass is 16.6. The molecule has 0 radical (unpaired) electrons. The fourth-order valence-corrected chi connectivity index (χ4v) is 8.43. The van der Waals surface area contributed by atoms with Gasteiger partial charge in [0.1, 0.15) is 14.2 Å². The Morgan fingerprint density at radius 1 is 1.08 bits per heavy atom. The third-order valence-electron chi connectivity index (χ3n) is 10.4. The van der Waals surface area contributed by atoms with Crippen molar-refractivity contribution in [1.82, 2.24) is 4.90 Å². The Hall–Kier alpha value is -1.52. The van der Waals surface area contributed by atoms with Crippen LogP contribution in [0.1, 0.15) is 52.4 Å². The molecule has 202 valence electrons. The number of nitrogens with zero attached hydrogens (tertiary/aromatic N) is 3. The van der Waals surface area contributed by atoms with Crippen LogP contribution >= 0.6 is 0 Å². The molecule has 36 heavy (non-hydrogen) atoms. The summed E-state index contributed by atoms with van der Waals surface area (Å²) in [6.07, 6.45) is 4.68. The lowest BCUT2D eigenvalue weighted by Gasteiger charge is -2.60. The van der Waals surface area contributed by atoms with Crippen molar-refractivity contribution in [2.24, 2.45) is 38.9 Å². The first-order chi connectivity index (χ1) is 17.2. The summed E-state index contributed by atoms with van der Waals surface area (Å²) in [5.74, 6) is 0.181. The molecule has 3 N–H and O–H groups in total. The summed E-state index contributed by atoms with van der Waals surface area (Å²) in [7, 11) is 3.13. The molecule has 0 amide bonds. The molecule has 4 aliphatic carbocycles. The molecule has 4 fully saturated rings. The Bertz CT molecular complexity index is 932. The van der Waals surface area contributed by atoms with Gasteiger partial charge < -0.3 is 29.7 Å². The van der Waals surface area contributed by atoms with Gasteiger partial charge in [0.2, 0.25) is 0 Å². The summed E-state index contributed by atoms with van der Waals surface area (Å²) in [5, 5.41) is 42.6. The molecule has 5 rings (SSSR count). The van der Waals surface area contributed by atoms with Crippen molar-refractivity contribution in [1.29, 1.82) is 0 Å². The number of aliphatic hydroxyl groups excluding tert-OH is 2. The van der Waals surface area contributed by atoms with Gasteiger partial charge in [0.05, 0.1) is 42.4 Å². The zero-order valence-electron chi connectivity index (χ0n) is 22.2. The van der Waals surface area contributed by atoms with Gasteiger partial charge in [-0.05, 0) is 61.5 Å². The molecule has 1 saturated heterocycles. The molecule has 0 aromatic heterocycles. The van der Waals surface area contributed by atoms with E-state index in [0.29, 0.717) is 19.3 Å². The summed E-state index contributed by atoms with van der Waals surface area (Å²) in [6.45, 7) is 8.32. The zero-order chi connectivity index (χ0) is 25.7. The lowest BCUT2D eigenvalue weighted by Crippen LogP contribution is -2.61. The SMILES string of the molecule is CO/N=C1\C=C2C(CC[C@]3(C)[C@@H](/C(CN4CCOCC4)=N\OC)CC[C@@]23O)[C@@]2(C)C[C@H](O)[C@H](O)C[C@@H]12. The van der Waals surface area contributed by atoms with Crippen LogP contribution < -0.4 is 0 Å². The van der Waals surface area contributed by atoms with Gasteiger partial charge in [-0.3, -0.25) is 4.90 Å². The molecule has 8 atom stereocenters. The Morgan fingerprint density at radius 2 is 1.83 bits per heavy atom. The standard InChI is InChI=1S/C27H43N3O6/c1-25-15-24(32)23(31)14-20(25)21(28-34-3)13-19-17(25)5-7-26(2)18(6-8-27(19,26)33)22(29-35-4)16-30-9-11-36-12-10-30/h13,17-18,20,23-24,31-33H,5-12,14-16H2,1-4H3/b28-21+,29-22-/t17?,18-,20+,23-,24+,25-,26-,27-/m1/s1. The average Bonchev–Trinajstić information content (AvgIpc) is 3.13. The molecule has 9 heteroatoms. The number of oxime groups is 2. The van der Waals surface area contributed by atoms with Gasteiger partial charge in [-0.1, -0.05) is 24.2 Å². The Labute approximate surface area is 214 Å². The van der Waals surface area contributed by atoms with E-state index in [2.05, 4.69) is 35.1 Å². The number of morpholine rings is 1. The van der Waals surface area contributed by atoms with Crippen molar-refractivity contribution in [3.8, 4) is 0 Å². The van der Waals surface area contributed by atoms with Crippen molar-refractivity contribution in [2.45, 2.75) is 70.2 Å². The van der Waals surface area contributed by atoms with E-state index in [0.717, 1.165) is 69.1 Å². The molecule has 1 unspecified atom stereocenters. The van der Waals surface area contributed by atoms with Crippen LogP contribution in [0.5, 0.6) is 0 Å². The summed E-state index contributed by atoms with van der Waals surface area (Å²) < 4.78 is 5.53. The topological polar surface area (TPSA) is 116 Å². The summed E-state index contributed by atoms with van der Waals surface area (Å²) in [5.41, 5.74) is 1.06. The van der Waals surface area contributed by atoms with E-state index in [1.165, 1.54) is 7.11 Å². The van der Waals surface area contributed by atoms with Crippen LogP contribution in [0.15, 0.2) is 22.0 Å². The van der Waals surface area contributed by atoms with Crippen LogP contribution in [0.25, 0.3) is 0 Å². The molecule has 3 saturated carbocycles. The Balaban J connectivity index is 1.51. The maximum atomic E-state index is 12.6. The van der Waals surface area contributed by atoms with Crippen LogP contribution in [0.4, 0.5) is 0 Å². The lowest BCUT2D eigenvalue weighted by atomic mass is 9.46. The number of hydrogen-bond acceptors (Lipinski definition) is 9. The average molecular weight is 506 g/mol. The summed E-state index contributed by atoms with van der Waals surface area (Å²) in [6, 6.07) is 0. The van der Waals surface area contributed by atoms with Gasteiger partial charge in [0.15, 0.2) is 0 Å². The van der Waals surface area contributed by atoms with Gasteiger partial charge in [0, 0.05) is 36.9 Å². The van der Waals surface area contributed by atoms with Crippen LogP contribution in [-0.2, 0) is 14.4 Å². The number of aliphatic hydroxyl groups is 3. The highest BCUT2D eigenvalue weighted by Crippen LogP contribution is 2.67. The quantitative estimate of drug-likeness (QED) is 0.386. The second kappa shape index (κ2) is 9.66. The summed E-state index contributed by atoms with van der Waals surface area (Å²) in [4.78, 5) is 12.9. The molecule has 0 bridgehead atoms. The van der Waals surface area contributed by atoms with Gasteiger partial charge in [-0.2, -0.15) is 0 Å². The minimum atomic E-state index is -1.01. The van der Waals surface area contributed by atoms with Crippen molar-refractivity contribution in [3.05, 3.63) is 11.6 Å². The van der Waals surface area contributed by atoms with E-state index in [9.17, 15) is 15.3 Å². The second-order valence-electron chi connectivity index (χ2n) is 12.0. The Kier molecular flexibility index (Phi) is 7.00. The molecule has 0 spiro atoms. The first-order valence-corrected chi connectivity index (χ1v) is 13.5. The fraction of sp³-hybridized carbons (Fsp3) is 0.852.